The van der Waals surface area contributed by atoms with Crippen molar-refractivity contribution in [2.45, 2.75) is 0 Å². The zero-order valence-electron chi connectivity index (χ0n) is 7.96. The van der Waals surface area contributed by atoms with E-state index < -0.39 is 0 Å². The van der Waals surface area contributed by atoms with E-state index in [1.54, 1.807) is 6.21 Å². The Balaban J connectivity index is 2.21. The van der Waals surface area contributed by atoms with Crippen molar-refractivity contribution < 1.29 is 4.74 Å². The maximum atomic E-state index is 5.67. The number of nitrogens with zero attached hydrogens (tertiary/aromatic N) is 1. The van der Waals surface area contributed by atoms with Crippen LogP contribution in [0.25, 0.3) is 0 Å². The molecule has 0 amide bonds. The second-order valence-electron chi connectivity index (χ2n) is 2.84. The molecular weight excluding hydrogens is 208 g/mol. The molecule has 2 aromatic rings. The number of benzene rings is 1. The Labute approximate surface area is 91.8 Å². The molecule has 0 bridgehead atoms. The average Bonchev–Trinajstić information content (AvgIpc) is 2.68. The first-order chi connectivity index (χ1) is 7.40. The van der Waals surface area contributed by atoms with Gasteiger partial charge in [0.25, 0.3) is 0 Å². The van der Waals surface area contributed by atoms with Gasteiger partial charge in [-0.25, -0.2) is 0 Å². The second kappa shape index (κ2) is 4.61. The van der Waals surface area contributed by atoms with Gasteiger partial charge in [0, 0.05) is 0 Å². The van der Waals surface area contributed by atoms with Gasteiger partial charge in [-0.1, -0.05) is 18.2 Å². The van der Waals surface area contributed by atoms with Crippen LogP contribution in [-0.2, 0) is 0 Å². The summed E-state index contributed by atoms with van der Waals surface area (Å²) in [7, 11) is 0. The van der Waals surface area contributed by atoms with E-state index in [4.69, 9.17) is 10.6 Å². The fourth-order valence-corrected chi connectivity index (χ4v) is 1.86. The van der Waals surface area contributed by atoms with E-state index in [-0.39, 0.29) is 0 Å². The smallest absolute Gasteiger partial charge is 0.147 e. The Morgan fingerprint density at radius 2 is 2.00 bits per heavy atom. The van der Waals surface area contributed by atoms with Crippen molar-refractivity contribution in [1.82, 2.24) is 0 Å². The SMILES string of the molecule is NN=Cc1sccc1Oc1ccccc1. The molecule has 0 saturated carbocycles. The summed E-state index contributed by atoms with van der Waals surface area (Å²) in [5.41, 5.74) is 0. The first-order valence-electron chi connectivity index (χ1n) is 4.44. The highest BCUT2D eigenvalue weighted by Gasteiger charge is 2.03. The van der Waals surface area contributed by atoms with Crippen molar-refractivity contribution in [3.8, 4) is 11.5 Å². The van der Waals surface area contributed by atoms with Gasteiger partial charge in [0.15, 0.2) is 0 Å². The maximum Gasteiger partial charge on any atom is 0.147 e. The van der Waals surface area contributed by atoms with Gasteiger partial charge in [-0.2, -0.15) is 5.10 Å². The first-order valence-corrected chi connectivity index (χ1v) is 5.32. The fraction of sp³-hybridized carbons (Fsp3) is 0. The number of hydrogen-bond acceptors (Lipinski definition) is 4. The van der Waals surface area contributed by atoms with Crippen molar-refractivity contribution in [3.05, 3.63) is 46.7 Å². The zero-order chi connectivity index (χ0) is 10.5. The van der Waals surface area contributed by atoms with Crippen molar-refractivity contribution in [3.63, 3.8) is 0 Å². The van der Waals surface area contributed by atoms with Crippen LogP contribution in [0.5, 0.6) is 11.5 Å². The normalized spacial score (nSPS) is 10.7. The lowest BCUT2D eigenvalue weighted by Gasteiger charge is -2.03. The predicted octanol–water partition coefficient (Wildman–Crippen LogP) is 2.83. The van der Waals surface area contributed by atoms with E-state index in [1.165, 1.54) is 11.3 Å². The van der Waals surface area contributed by atoms with Gasteiger partial charge in [-0.3, -0.25) is 0 Å². The molecule has 0 aliphatic rings. The molecule has 0 radical (unpaired) electrons. The van der Waals surface area contributed by atoms with Gasteiger partial charge >= 0.3 is 0 Å². The molecule has 2 N–H and O–H groups in total. The number of rotatable bonds is 3. The summed E-state index contributed by atoms with van der Waals surface area (Å²) in [5.74, 6) is 6.69. The molecule has 76 valence electrons. The lowest BCUT2D eigenvalue weighted by Crippen LogP contribution is -1.87. The molecule has 3 nitrogen and oxygen atoms in total. The van der Waals surface area contributed by atoms with Crippen LogP contribution in [0.2, 0.25) is 0 Å². The minimum Gasteiger partial charge on any atom is -0.456 e. The van der Waals surface area contributed by atoms with Crippen LogP contribution in [0.1, 0.15) is 4.88 Å². The Morgan fingerprint density at radius 1 is 1.20 bits per heavy atom. The highest BCUT2D eigenvalue weighted by atomic mass is 32.1. The third-order valence-corrected chi connectivity index (χ3v) is 2.65. The molecule has 0 unspecified atom stereocenters. The van der Waals surface area contributed by atoms with Crippen LogP contribution < -0.4 is 10.6 Å². The van der Waals surface area contributed by atoms with Gasteiger partial charge in [0.1, 0.15) is 11.5 Å². The number of hydrazone groups is 1. The fourth-order valence-electron chi connectivity index (χ4n) is 1.17. The summed E-state index contributed by atoms with van der Waals surface area (Å²) in [4.78, 5) is 0.918. The van der Waals surface area contributed by atoms with Gasteiger partial charge < -0.3 is 10.6 Å². The quantitative estimate of drug-likeness (QED) is 0.489. The molecule has 0 aliphatic heterocycles. The Hall–Kier alpha value is -1.81. The highest BCUT2D eigenvalue weighted by Crippen LogP contribution is 2.27. The van der Waals surface area contributed by atoms with Crippen LogP contribution >= 0.6 is 11.3 Å². The highest BCUT2D eigenvalue weighted by molar-refractivity contribution is 7.12. The number of ether oxygens (including phenoxy) is 1. The summed E-state index contributed by atoms with van der Waals surface area (Å²) >= 11 is 1.54. The van der Waals surface area contributed by atoms with E-state index >= 15 is 0 Å². The lowest BCUT2D eigenvalue weighted by atomic mass is 10.3. The molecule has 15 heavy (non-hydrogen) atoms. The van der Waals surface area contributed by atoms with E-state index in [0.717, 1.165) is 16.4 Å². The Kier molecular flexibility index (Phi) is 2.99. The van der Waals surface area contributed by atoms with E-state index in [0.29, 0.717) is 0 Å². The second-order valence-corrected chi connectivity index (χ2v) is 3.79. The number of thiophene rings is 1. The third-order valence-electron chi connectivity index (χ3n) is 1.82. The maximum absolute atomic E-state index is 5.67. The summed E-state index contributed by atoms with van der Waals surface area (Å²) in [6.45, 7) is 0. The van der Waals surface area contributed by atoms with Gasteiger partial charge in [0.2, 0.25) is 0 Å². The van der Waals surface area contributed by atoms with Crippen molar-refractivity contribution in [2.75, 3.05) is 0 Å². The van der Waals surface area contributed by atoms with Gasteiger partial charge in [0.05, 0.1) is 11.1 Å². The van der Waals surface area contributed by atoms with Crippen molar-refractivity contribution >= 4 is 17.6 Å². The molecular formula is C11H10N2OS. The van der Waals surface area contributed by atoms with Gasteiger partial charge in [-0.15, -0.1) is 11.3 Å². The van der Waals surface area contributed by atoms with E-state index in [2.05, 4.69) is 5.10 Å². The first kappa shape index (κ1) is 9.73. The monoisotopic (exact) mass is 218 g/mol. The largest absolute Gasteiger partial charge is 0.456 e. The number of para-hydroxylation sites is 1. The minimum atomic E-state index is 0.778. The molecule has 0 aliphatic carbocycles. The molecule has 0 spiro atoms. The molecule has 0 saturated heterocycles. The van der Waals surface area contributed by atoms with E-state index in [9.17, 15) is 0 Å². The Morgan fingerprint density at radius 3 is 2.73 bits per heavy atom. The molecule has 1 aromatic heterocycles. The molecule has 0 fully saturated rings. The predicted molar refractivity (Wildman–Crippen MR) is 62.6 cm³/mol. The van der Waals surface area contributed by atoms with Crippen LogP contribution in [0.4, 0.5) is 0 Å². The molecule has 0 atom stereocenters. The third kappa shape index (κ3) is 2.35. The zero-order valence-corrected chi connectivity index (χ0v) is 8.78. The number of hydrogen-bond donors (Lipinski definition) is 1. The Bertz CT molecular complexity index is 451. The van der Waals surface area contributed by atoms with Crippen molar-refractivity contribution in [2.24, 2.45) is 10.9 Å². The van der Waals surface area contributed by atoms with Gasteiger partial charge in [-0.05, 0) is 23.6 Å². The van der Waals surface area contributed by atoms with Crippen molar-refractivity contribution in [1.29, 1.82) is 0 Å². The summed E-state index contributed by atoms with van der Waals surface area (Å²) in [6.07, 6.45) is 1.59. The van der Waals surface area contributed by atoms with Crippen LogP contribution in [0.15, 0.2) is 46.9 Å². The number of nitrogens with two attached hydrogens (primary N) is 1. The standard InChI is InChI=1S/C11H10N2OS/c12-13-8-11-10(6-7-15-11)14-9-4-2-1-3-5-9/h1-8H,12H2. The van der Waals surface area contributed by atoms with Crippen LogP contribution in [0, 0.1) is 0 Å². The molecule has 1 aromatic carbocycles. The summed E-state index contributed by atoms with van der Waals surface area (Å²) in [6, 6.07) is 11.5. The van der Waals surface area contributed by atoms with Crippen LogP contribution in [0.3, 0.4) is 0 Å². The summed E-state index contributed by atoms with van der Waals surface area (Å²) < 4.78 is 5.67. The van der Waals surface area contributed by atoms with E-state index in [1.807, 2.05) is 41.8 Å². The summed E-state index contributed by atoms with van der Waals surface area (Å²) in [5, 5.41) is 5.43. The van der Waals surface area contributed by atoms with Crippen LogP contribution in [-0.4, -0.2) is 6.21 Å². The molecule has 2 rings (SSSR count). The lowest BCUT2D eigenvalue weighted by molar-refractivity contribution is 0.484. The minimum absolute atomic E-state index is 0.778. The molecule has 1 heterocycles. The molecule has 4 heteroatoms. The average molecular weight is 218 g/mol. The topological polar surface area (TPSA) is 47.6 Å².